The number of hydrogen-bond acceptors (Lipinski definition) is 4. The van der Waals surface area contributed by atoms with Gasteiger partial charge in [-0.05, 0) is 20.8 Å². The summed E-state index contributed by atoms with van der Waals surface area (Å²) in [5, 5.41) is 35.1. The van der Waals surface area contributed by atoms with E-state index in [0.29, 0.717) is 0 Å². The summed E-state index contributed by atoms with van der Waals surface area (Å²) in [6.45, 7) is 6.01. The Kier molecular flexibility index (Phi) is 8.97. The summed E-state index contributed by atoms with van der Waals surface area (Å²) >= 11 is 0. The average molecular weight is 180 g/mol. The van der Waals surface area contributed by atoms with E-state index in [4.69, 9.17) is 15.3 Å². The third-order valence-corrected chi connectivity index (χ3v) is 1.38. The molecule has 0 aliphatic carbocycles. The van der Waals surface area contributed by atoms with Crippen LogP contribution >= 0.6 is 0 Å². The van der Waals surface area contributed by atoms with Crippen molar-refractivity contribution >= 4 is 0 Å². The van der Waals surface area contributed by atoms with Gasteiger partial charge in [-0.15, -0.1) is 6.10 Å². The Bertz CT molecular complexity index is 70.1. The van der Waals surface area contributed by atoms with E-state index in [1.165, 1.54) is 13.8 Å². The lowest BCUT2D eigenvalue weighted by molar-refractivity contribution is -0.430. The van der Waals surface area contributed by atoms with Crippen LogP contribution in [0.15, 0.2) is 0 Å². The molecule has 0 aromatic carbocycles. The molecule has 4 atom stereocenters. The van der Waals surface area contributed by atoms with E-state index in [-0.39, 0.29) is 1.43 Å². The number of rotatable bonds is 2. The highest BCUT2D eigenvalue weighted by molar-refractivity contribution is 4.51. The molecule has 0 aliphatic heterocycles. The van der Waals surface area contributed by atoms with E-state index in [1.54, 1.807) is 13.8 Å². The van der Waals surface area contributed by atoms with Crippen LogP contribution in [0.1, 0.15) is 29.1 Å². The fourth-order valence-corrected chi connectivity index (χ4v) is 0. The maximum atomic E-state index is 9.98. The van der Waals surface area contributed by atoms with Gasteiger partial charge < -0.3 is 20.4 Å². The van der Waals surface area contributed by atoms with Crippen molar-refractivity contribution in [2.75, 3.05) is 0 Å². The van der Waals surface area contributed by atoms with Crippen LogP contribution in [-0.2, 0) is 0 Å². The predicted molar refractivity (Wildman–Crippen MR) is 45.6 cm³/mol. The molecule has 0 fully saturated rings. The van der Waals surface area contributed by atoms with Gasteiger partial charge in [-0.25, -0.2) is 0 Å². The first-order valence-electron chi connectivity index (χ1n) is 3.99. The van der Waals surface area contributed by atoms with E-state index >= 15 is 0 Å². The molecule has 76 valence electrons. The number of aliphatic hydroxyl groups is 3. The minimum atomic E-state index is -0.843. The standard InChI is InChI=1S/C4H10O2.C4H9O2/c2*1-3(5)4(2)6/h3-6H,1-2H3;3-5H,1-2H3/q;-1/p+1. The molecule has 4 unspecified atom stereocenters. The Morgan fingerprint density at radius 2 is 1.00 bits per heavy atom. The van der Waals surface area contributed by atoms with Gasteiger partial charge in [-0.2, -0.15) is 0 Å². The van der Waals surface area contributed by atoms with Crippen molar-refractivity contribution in [3.8, 4) is 0 Å². The SMILES string of the molecule is CC(O)C(C)O.CC([O-])C(C)O.[H+]. The fourth-order valence-electron chi connectivity index (χ4n) is 0. The van der Waals surface area contributed by atoms with Gasteiger partial charge in [0.25, 0.3) is 0 Å². The Morgan fingerprint density at radius 1 is 0.833 bits per heavy atom. The number of hydrogen-bond donors (Lipinski definition) is 3. The monoisotopic (exact) mass is 180 g/mol. The van der Waals surface area contributed by atoms with Crippen LogP contribution in [0.25, 0.3) is 0 Å². The van der Waals surface area contributed by atoms with Crippen LogP contribution < -0.4 is 5.11 Å². The molecule has 3 N–H and O–H groups in total. The topological polar surface area (TPSA) is 83.8 Å². The molecular weight excluding hydrogens is 160 g/mol. The van der Waals surface area contributed by atoms with Crippen molar-refractivity contribution in [1.82, 2.24) is 0 Å². The first-order chi connectivity index (χ1) is 5.29. The highest BCUT2D eigenvalue weighted by atomic mass is 16.3. The molecule has 0 spiro atoms. The second kappa shape index (κ2) is 7.49. The van der Waals surface area contributed by atoms with Crippen LogP contribution in [0, 0.1) is 0 Å². The molecule has 0 saturated carbocycles. The first kappa shape index (κ1) is 14.4. The summed E-state index contributed by atoms with van der Waals surface area (Å²) in [4.78, 5) is 0. The summed E-state index contributed by atoms with van der Waals surface area (Å²) in [6.07, 6.45) is -2.73. The lowest BCUT2D eigenvalue weighted by Crippen LogP contribution is -2.32. The maximum Gasteiger partial charge on any atom is 1.00 e. The van der Waals surface area contributed by atoms with E-state index < -0.39 is 24.4 Å². The highest BCUT2D eigenvalue weighted by Gasteiger charge is 1.99. The lowest BCUT2D eigenvalue weighted by atomic mass is 10.3. The normalized spacial score (nSPS) is 20.0. The summed E-state index contributed by atoms with van der Waals surface area (Å²) < 4.78 is 0. The first-order valence-corrected chi connectivity index (χ1v) is 3.99. The zero-order valence-electron chi connectivity index (χ0n) is 9.06. The van der Waals surface area contributed by atoms with Gasteiger partial charge in [-0.3, -0.25) is 0 Å². The fraction of sp³-hybridized carbons (Fsp3) is 1.00. The summed E-state index contributed by atoms with van der Waals surface area (Å²) in [5.74, 6) is 0. The zero-order chi connectivity index (χ0) is 10.3. The molecule has 0 heterocycles. The molecular formula is C8H20O4. The van der Waals surface area contributed by atoms with Gasteiger partial charge in [0.05, 0.1) is 12.2 Å². The van der Waals surface area contributed by atoms with Gasteiger partial charge in [0.2, 0.25) is 0 Å². The second-order valence-corrected chi connectivity index (χ2v) is 2.93. The van der Waals surface area contributed by atoms with Crippen molar-refractivity contribution in [3.05, 3.63) is 0 Å². The molecule has 0 aliphatic rings. The van der Waals surface area contributed by atoms with Crippen molar-refractivity contribution in [2.45, 2.75) is 52.1 Å². The molecule has 0 rings (SSSR count). The van der Waals surface area contributed by atoms with Gasteiger partial charge in [-0.1, -0.05) is 6.92 Å². The molecule has 0 amide bonds. The van der Waals surface area contributed by atoms with Crippen LogP contribution in [0.4, 0.5) is 0 Å². The largest absolute Gasteiger partial charge is 1.00 e. The van der Waals surface area contributed by atoms with E-state index in [1.807, 2.05) is 0 Å². The van der Waals surface area contributed by atoms with Gasteiger partial charge in [0, 0.05) is 6.10 Å². The molecule has 0 radical (unpaired) electrons. The quantitative estimate of drug-likeness (QED) is 0.507. The highest BCUT2D eigenvalue weighted by Crippen LogP contribution is 1.85. The van der Waals surface area contributed by atoms with Crippen LogP contribution in [0.5, 0.6) is 0 Å². The lowest BCUT2D eigenvalue weighted by Gasteiger charge is -2.18. The molecule has 4 heteroatoms. The van der Waals surface area contributed by atoms with Crippen LogP contribution in [0.2, 0.25) is 0 Å². The smallest absolute Gasteiger partial charge is 0.850 e. The zero-order valence-corrected chi connectivity index (χ0v) is 8.06. The van der Waals surface area contributed by atoms with Crippen molar-refractivity contribution in [2.24, 2.45) is 0 Å². The average Bonchev–Trinajstić information content (AvgIpc) is 1.88. The van der Waals surface area contributed by atoms with Crippen molar-refractivity contribution < 1.29 is 21.9 Å². The van der Waals surface area contributed by atoms with Crippen molar-refractivity contribution in [1.29, 1.82) is 0 Å². The molecule has 4 nitrogen and oxygen atoms in total. The summed E-state index contributed by atoms with van der Waals surface area (Å²) in [7, 11) is 0. The van der Waals surface area contributed by atoms with E-state index in [9.17, 15) is 5.11 Å². The Balaban J connectivity index is -0.000000143. The number of aliphatic hydroxyl groups excluding tert-OH is 3. The van der Waals surface area contributed by atoms with Gasteiger partial charge in [0.15, 0.2) is 0 Å². The minimum absolute atomic E-state index is 0. The minimum Gasteiger partial charge on any atom is -0.850 e. The Morgan fingerprint density at radius 3 is 1.00 bits per heavy atom. The molecule has 0 bridgehead atoms. The third-order valence-electron chi connectivity index (χ3n) is 1.38. The van der Waals surface area contributed by atoms with Crippen molar-refractivity contribution in [3.63, 3.8) is 0 Å². The Labute approximate surface area is 75.0 Å². The summed E-state index contributed by atoms with van der Waals surface area (Å²) in [5.41, 5.74) is 0. The van der Waals surface area contributed by atoms with Crippen LogP contribution in [0.3, 0.4) is 0 Å². The Hall–Kier alpha value is -0.160. The van der Waals surface area contributed by atoms with Crippen LogP contribution in [-0.4, -0.2) is 39.7 Å². The predicted octanol–water partition coefficient (Wildman–Crippen LogP) is -1.02. The van der Waals surface area contributed by atoms with Gasteiger partial charge in [0.1, 0.15) is 0 Å². The molecule has 0 aromatic rings. The van der Waals surface area contributed by atoms with E-state index in [0.717, 1.165) is 0 Å². The molecule has 0 aromatic heterocycles. The summed E-state index contributed by atoms with van der Waals surface area (Å²) in [6, 6.07) is 0. The van der Waals surface area contributed by atoms with E-state index in [2.05, 4.69) is 0 Å². The third kappa shape index (κ3) is 12.5. The molecule has 0 saturated heterocycles. The van der Waals surface area contributed by atoms with Gasteiger partial charge >= 0.3 is 1.43 Å². The molecule has 12 heavy (non-hydrogen) atoms. The second-order valence-electron chi connectivity index (χ2n) is 2.93. The maximum absolute atomic E-state index is 9.98.